The number of hydrogen-bond donors (Lipinski definition) is 2. The minimum atomic E-state index is -4.54. The Morgan fingerprint density at radius 2 is 1.80 bits per heavy atom. The first-order chi connectivity index (χ1) is 14.1. The lowest BCUT2D eigenvalue weighted by Crippen LogP contribution is -2.18. The molecule has 6 nitrogen and oxygen atoms in total. The summed E-state index contributed by atoms with van der Waals surface area (Å²) >= 11 is 1.01. The van der Waals surface area contributed by atoms with Crippen LogP contribution in [0.15, 0.2) is 47.1 Å². The van der Waals surface area contributed by atoms with Gasteiger partial charge in [-0.15, -0.1) is 11.3 Å². The fourth-order valence-corrected chi connectivity index (χ4v) is 3.69. The number of aryl methyl sites for hydroxylation is 1. The van der Waals surface area contributed by atoms with E-state index in [0.29, 0.717) is 16.3 Å². The van der Waals surface area contributed by atoms with E-state index >= 15 is 0 Å². The van der Waals surface area contributed by atoms with Crippen molar-refractivity contribution in [3.05, 3.63) is 64.4 Å². The van der Waals surface area contributed by atoms with Crippen molar-refractivity contribution in [3.63, 3.8) is 0 Å². The number of carbonyl (C=O) groups is 2. The maximum absolute atomic E-state index is 13.1. The minimum absolute atomic E-state index is 0.0359. The molecular weight excluding hydrogens is 419 g/mol. The minimum Gasteiger partial charge on any atom is -0.459 e. The number of halogens is 3. The molecule has 0 bridgehead atoms. The van der Waals surface area contributed by atoms with Crippen LogP contribution in [0.4, 0.5) is 29.5 Å². The van der Waals surface area contributed by atoms with Gasteiger partial charge in [-0.2, -0.15) is 13.2 Å². The number of hydrogen-bond acceptors (Lipinski definition) is 5. The van der Waals surface area contributed by atoms with Gasteiger partial charge in [-0.1, -0.05) is 0 Å². The Morgan fingerprint density at radius 1 is 1.07 bits per heavy atom. The topological polar surface area (TPSA) is 74.6 Å². The monoisotopic (exact) mass is 437 g/mol. The molecule has 3 rings (SSSR count). The number of benzene rings is 1. The number of thiophene rings is 1. The van der Waals surface area contributed by atoms with Crippen molar-refractivity contribution in [2.24, 2.45) is 0 Å². The van der Waals surface area contributed by atoms with Crippen LogP contribution in [0, 0.1) is 6.92 Å². The smallest absolute Gasteiger partial charge is 0.416 e. The predicted octanol–water partition coefficient (Wildman–Crippen LogP) is 5.24. The zero-order chi connectivity index (χ0) is 22.1. The molecule has 158 valence electrons. The molecule has 1 aromatic carbocycles. The van der Waals surface area contributed by atoms with Crippen LogP contribution in [0.2, 0.25) is 0 Å². The molecule has 0 aliphatic carbocycles. The lowest BCUT2D eigenvalue weighted by molar-refractivity contribution is -0.137. The van der Waals surface area contributed by atoms with Gasteiger partial charge >= 0.3 is 6.18 Å². The SMILES string of the molecule is Cc1cc(NC(=O)c2ccco2)sc1C(=O)Nc1cc(C(F)(F)F)ccc1N(C)C. The molecule has 2 N–H and O–H groups in total. The summed E-state index contributed by atoms with van der Waals surface area (Å²) in [6, 6.07) is 7.85. The number of furan rings is 1. The standard InChI is InChI=1S/C20H18F3N3O3S/c1-11-9-16(25-18(27)15-5-4-8-29-15)30-17(11)19(28)24-13-10-12(20(21,22)23)6-7-14(13)26(2)3/h4-10H,1-3H3,(H,24,28)(H,25,27). The first-order valence-corrected chi connectivity index (χ1v) is 9.53. The summed E-state index contributed by atoms with van der Waals surface area (Å²) in [5, 5.41) is 5.60. The van der Waals surface area contributed by atoms with Gasteiger partial charge in [0.2, 0.25) is 0 Å². The summed E-state index contributed by atoms with van der Waals surface area (Å²) in [6.45, 7) is 1.67. The van der Waals surface area contributed by atoms with E-state index in [2.05, 4.69) is 10.6 Å². The Bertz CT molecular complexity index is 1070. The Labute approximate surface area is 174 Å². The zero-order valence-electron chi connectivity index (χ0n) is 16.3. The van der Waals surface area contributed by atoms with Gasteiger partial charge in [-0.05, 0) is 48.9 Å². The van der Waals surface area contributed by atoms with E-state index in [4.69, 9.17) is 4.42 Å². The van der Waals surface area contributed by atoms with Crippen molar-refractivity contribution in [2.45, 2.75) is 13.1 Å². The van der Waals surface area contributed by atoms with Crippen LogP contribution in [0.3, 0.4) is 0 Å². The number of amides is 2. The van der Waals surface area contributed by atoms with Gasteiger partial charge < -0.3 is 20.0 Å². The van der Waals surface area contributed by atoms with Gasteiger partial charge in [0.1, 0.15) is 0 Å². The molecule has 0 radical (unpaired) electrons. The van der Waals surface area contributed by atoms with Crippen molar-refractivity contribution >= 4 is 39.5 Å². The summed E-state index contributed by atoms with van der Waals surface area (Å²) in [7, 11) is 3.33. The second-order valence-corrected chi connectivity index (χ2v) is 7.68. The second kappa shape index (κ2) is 8.23. The molecule has 30 heavy (non-hydrogen) atoms. The molecular formula is C20H18F3N3O3S. The van der Waals surface area contributed by atoms with Crippen LogP contribution in [0.5, 0.6) is 0 Å². The Balaban J connectivity index is 1.84. The summed E-state index contributed by atoms with van der Waals surface area (Å²) < 4.78 is 44.3. The molecule has 0 unspecified atom stereocenters. The molecule has 2 amide bonds. The molecule has 10 heteroatoms. The van der Waals surface area contributed by atoms with Crippen LogP contribution in [-0.4, -0.2) is 25.9 Å². The van der Waals surface area contributed by atoms with Gasteiger partial charge in [0, 0.05) is 14.1 Å². The highest BCUT2D eigenvalue weighted by Crippen LogP contribution is 2.36. The van der Waals surface area contributed by atoms with Crippen LogP contribution in [-0.2, 0) is 6.18 Å². The third-order valence-electron chi connectivity index (χ3n) is 4.16. The fourth-order valence-electron chi connectivity index (χ4n) is 2.73. The van der Waals surface area contributed by atoms with Crippen LogP contribution in [0.25, 0.3) is 0 Å². The number of rotatable bonds is 5. The van der Waals surface area contributed by atoms with Gasteiger partial charge in [0.15, 0.2) is 5.76 Å². The molecule has 0 atom stereocenters. The maximum Gasteiger partial charge on any atom is 0.416 e. The molecule has 2 heterocycles. The molecule has 0 saturated heterocycles. The van der Waals surface area contributed by atoms with Crippen molar-refractivity contribution in [1.29, 1.82) is 0 Å². The first kappa shape index (κ1) is 21.4. The lowest BCUT2D eigenvalue weighted by Gasteiger charge is -2.19. The number of alkyl halides is 3. The normalized spacial score (nSPS) is 11.3. The molecule has 0 saturated carbocycles. The number of anilines is 3. The summed E-state index contributed by atoms with van der Waals surface area (Å²) in [4.78, 5) is 26.7. The van der Waals surface area contributed by atoms with Crippen LogP contribution >= 0.6 is 11.3 Å². The quantitative estimate of drug-likeness (QED) is 0.573. The second-order valence-electron chi connectivity index (χ2n) is 6.63. The molecule has 0 aliphatic rings. The highest BCUT2D eigenvalue weighted by Gasteiger charge is 2.31. The van der Waals surface area contributed by atoms with E-state index in [9.17, 15) is 22.8 Å². The number of nitrogens with one attached hydrogen (secondary N) is 2. The van der Waals surface area contributed by atoms with Gasteiger partial charge in [0.05, 0.1) is 33.1 Å². The van der Waals surface area contributed by atoms with E-state index in [0.717, 1.165) is 23.5 Å². The van der Waals surface area contributed by atoms with E-state index in [1.165, 1.54) is 18.4 Å². The Morgan fingerprint density at radius 3 is 2.40 bits per heavy atom. The third-order valence-corrected chi connectivity index (χ3v) is 5.31. The number of nitrogens with zero attached hydrogens (tertiary/aromatic N) is 1. The van der Waals surface area contributed by atoms with Crippen LogP contribution < -0.4 is 15.5 Å². The lowest BCUT2D eigenvalue weighted by atomic mass is 10.1. The largest absolute Gasteiger partial charge is 0.459 e. The summed E-state index contributed by atoms with van der Waals surface area (Å²) in [5.74, 6) is -0.925. The van der Waals surface area contributed by atoms with E-state index in [-0.39, 0.29) is 16.3 Å². The average molecular weight is 437 g/mol. The highest BCUT2D eigenvalue weighted by molar-refractivity contribution is 7.18. The molecule has 0 spiro atoms. The van der Waals surface area contributed by atoms with E-state index < -0.39 is 23.6 Å². The van der Waals surface area contributed by atoms with Crippen LogP contribution in [0.1, 0.15) is 31.4 Å². The summed E-state index contributed by atoms with van der Waals surface area (Å²) in [5.41, 5.74) is 0.175. The van der Waals surface area contributed by atoms with E-state index in [1.54, 1.807) is 38.1 Å². The predicted molar refractivity (Wildman–Crippen MR) is 109 cm³/mol. The molecule has 3 aromatic rings. The molecule has 0 aliphatic heterocycles. The highest BCUT2D eigenvalue weighted by atomic mass is 32.1. The molecule has 0 fully saturated rings. The first-order valence-electron chi connectivity index (χ1n) is 8.71. The van der Waals surface area contributed by atoms with Gasteiger partial charge in [0.25, 0.3) is 11.8 Å². The maximum atomic E-state index is 13.1. The Kier molecular flexibility index (Phi) is 5.88. The van der Waals surface area contributed by atoms with Crippen molar-refractivity contribution in [1.82, 2.24) is 0 Å². The zero-order valence-corrected chi connectivity index (χ0v) is 17.1. The van der Waals surface area contributed by atoms with Gasteiger partial charge in [-0.25, -0.2) is 0 Å². The van der Waals surface area contributed by atoms with Crippen molar-refractivity contribution in [3.8, 4) is 0 Å². The number of carbonyl (C=O) groups excluding carboxylic acids is 2. The summed E-state index contributed by atoms with van der Waals surface area (Å²) in [6.07, 6.45) is -3.17. The third kappa shape index (κ3) is 4.65. The van der Waals surface area contributed by atoms with Gasteiger partial charge in [-0.3, -0.25) is 9.59 Å². The van der Waals surface area contributed by atoms with Crippen molar-refractivity contribution < 1.29 is 27.2 Å². The van der Waals surface area contributed by atoms with Crippen molar-refractivity contribution in [2.75, 3.05) is 29.6 Å². The van der Waals surface area contributed by atoms with E-state index in [1.807, 2.05) is 0 Å². The Hall–Kier alpha value is -3.27. The molecule has 2 aromatic heterocycles. The average Bonchev–Trinajstić information content (AvgIpc) is 3.30. The fraction of sp³-hybridized carbons (Fsp3) is 0.200.